The number of piperidine rings is 1. The van der Waals surface area contributed by atoms with E-state index in [1.54, 1.807) is 0 Å². The van der Waals surface area contributed by atoms with Gasteiger partial charge in [-0.2, -0.15) is 0 Å². The van der Waals surface area contributed by atoms with Crippen LogP contribution in [0.4, 0.5) is 0 Å². The van der Waals surface area contributed by atoms with Crippen LogP contribution in [-0.4, -0.2) is 72.0 Å². The van der Waals surface area contributed by atoms with Crippen LogP contribution < -0.4 is 0 Å². The first-order chi connectivity index (χ1) is 11.6. The molecule has 2 aliphatic heterocycles. The molecule has 4 heteroatoms. The van der Waals surface area contributed by atoms with E-state index in [2.05, 4.69) is 49.3 Å². The quantitative estimate of drug-likeness (QED) is 0.780. The Bertz CT molecular complexity index is 478. The average molecular weight is 350 g/mol. The number of rotatable bonds is 4. The van der Waals surface area contributed by atoms with Gasteiger partial charge in [0.25, 0.3) is 0 Å². The molecule has 1 aliphatic carbocycles. The van der Waals surface area contributed by atoms with Crippen LogP contribution in [0.1, 0.15) is 66.7 Å². The standard InChI is InChI=1S/C21H39N3O/c1-19(2,3)24-15-13-22(14-16-24)10-6-7-18(25)23-11-8-21(9-12-23)17-20(21,4)5/h6-17H2,1-5H3. The molecule has 1 saturated carbocycles. The van der Waals surface area contributed by atoms with Gasteiger partial charge in [0, 0.05) is 51.2 Å². The van der Waals surface area contributed by atoms with Gasteiger partial charge in [-0.15, -0.1) is 0 Å². The zero-order valence-electron chi connectivity index (χ0n) is 17.2. The van der Waals surface area contributed by atoms with E-state index in [0.717, 1.165) is 58.7 Å². The van der Waals surface area contributed by atoms with E-state index in [1.807, 2.05) is 0 Å². The second-order valence-corrected chi connectivity index (χ2v) is 10.3. The zero-order valence-corrected chi connectivity index (χ0v) is 17.2. The van der Waals surface area contributed by atoms with Crippen molar-refractivity contribution >= 4 is 5.91 Å². The molecule has 2 saturated heterocycles. The summed E-state index contributed by atoms with van der Waals surface area (Å²) in [5.41, 5.74) is 1.37. The van der Waals surface area contributed by atoms with E-state index >= 15 is 0 Å². The van der Waals surface area contributed by atoms with Crippen LogP contribution in [0.2, 0.25) is 0 Å². The predicted molar refractivity (Wildman–Crippen MR) is 104 cm³/mol. The summed E-state index contributed by atoms with van der Waals surface area (Å²) >= 11 is 0. The lowest BCUT2D eigenvalue weighted by Crippen LogP contribution is -2.53. The number of carbonyl (C=O) groups is 1. The van der Waals surface area contributed by atoms with Gasteiger partial charge >= 0.3 is 0 Å². The Balaban J connectivity index is 1.32. The summed E-state index contributed by atoms with van der Waals surface area (Å²) in [5, 5.41) is 0. The monoisotopic (exact) mass is 349 g/mol. The number of carbonyl (C=O) groups excluding carboxylic acids is 1. The van der Waals surface area contributed by atoms with Crippen LogP contribution in [0.5, 0.6) is 0 Å². The van der Waals surface area contributed by atoms with E-state index in [0.29, 0.717) is 16.7 Å². The zero-order chi connectivity index (χ0) is 18.3. The van der Waals surface area contributed by atoms with Crippen LogP contribution in [0, 0.1) is 10.8 Å². The van der Waals surface area contributed by atoms with Gasteiger partial charge in [-0.25, -0.2) is 0 Å². The summed E-state index contributed by atoms with van der Waals surface area (Å²) in [6, 6.07) is 0. The minimum Gasteiger partial charge on any atom is -0.343 e. The van der Waals surface area contributed by atoms with Gasteiger partial charge in [-0.05, 0) is 63.8 Å². The van der Waals surface area contributed by atoms with Crippen molar-refractivity contribution in [3.8, 4) is 0 Å². The van der Waals surface area contributed by atoms with Crippen molar-refractivity contribution in [2.75, 3.05) is 45.8 Å². The lowest BCUT2D eigenvalue weighted by atomic mass is 9.86. The molecule has 3 fully saturated rings. The van der Waals surface area contributed by atoms with Gasteiger partial charge in [-0.3, -0.25) is 9.69 Å². The van der Waals surface area contributed by atoms with Gasteiger partial charge in [-0.1, -0.05) is 13.8 Å². The molecule has 3 rings (SSSR count). The number of piperazine rings is 1. The van der Waals surface area contributed by atoms with Crippen molar-refractivity contribution in [3.63, 3.8) is 0 Å². The topological polar surface area (TPSA) is 26.8 Å². The Labute approximate surface area is 154 Å². The van der Waals surface area contributed by atoms with Gasteiger partial charge in [0.15, 0.2) is 0 Å². The first kappa shape index (κ1) is 19.2. The third-order valence-electron chi connectivity index (χ3n) is 7.35. The molecule has 144 valence electrons. The van der Waals surface area contributed by atoms with Crippen LogP contribution in [0.3, 0.4) is 0 Å². The minimum atomic E-state index is 0.282. The molecular formula is C21H39N3O. The molecule has 0 aromatic heterocycles. The van der Waals surface area contributed by atoms with Crippen molar-refractivity contribution in [3.05, 3.63) is 0 Å². The Kier molecular flexibility index (Phi) is 5.25. The fourth-order valence-corrected chi connectivity index (χ4v) is 5.09. The highest BCUT2D eigenvalue weighted by atomic mass is 16.2. The lowest BCUT2D eigenvalue weighted by molar-refractivity contribution is -0.133. The summed E-state index contributed by atoms with van der Waals surface area (Å²) in [4.78, 5) is 19.8. The smallest absolute Gasteiger partial charge is 0.222 e. The van der Waals surface area contributed by atoms with Crippen molar-refractivity contribution < 1.29 is 4.79 Å². The molecule has 0 radical (unpaired) electrons. The van der Waals surface area contributed by atoms with Crippen molar-refractivity contribution in [2.24, 2.45) is 10.8 Å². The minimum absolute atomic E-state index is 0.282. The summed E-state index contributed by atoms with van der Waals surface area (Å²) in [6.45, 7) is 19.3. The Hall–Kier alpha value is -0.610. The molecule has 1 amide bonds. The third-order valence-corrected chi connectivity index (χ3v) is 7.35. The first-order valence-electron chi connectivity index (χ1n) is 10.4. The van der Waals surface area contributed by atoms with Gasteiger partial charge in [0.05, 0.1) is 0 Å². The number of nitrogens with zero attached hydrogens (tertiary/aromatic N) is 3. The Morgan fingerprint density at radius 3 is 2.00 bits per heavy atom. The molecule has 0 atom stereocenters. The number of hydrogen-bond acceptors (Lipinski definition) is 3. The largest absolute Gasteiger partial charge is 0.343 e. The molecule has 0 aromatic rings. The molecule has 0 bridgehead atoms. The van der Waals surface area contributed by atoms with Crippen LogP contribution in [-0.2, 0) is 4.79 Å². The molecule has 0 N–H and O–H groups in total. The highest BCUT2D eigenvalue weighted by Crippen LogP contribution is 2.68. The summed E-state index contributed by atoms with van der Waals surface area (Å²) < 4.78 is 0. The SMILES string of the molecule is CC(C)(C)N1CCN(CCCC(=O)N2CCC3(CC2)CC3(C)C)CC1. The fraction of sp³-hybridized carbons (Fsp3) is 0.952. The molecular weight excluding hydrogens is 310 g/mol. The molecule has 0 aromatic carbocycles. The van der Waals surface area contributed by atoms with Crippen molar-refractivity contribution in [2.45, 2.75) is 72.3 Å². The molecule has 2 heterocycles. The molecule has 3 aliphatic rings. The average Bonchev–Trinajstić information content (AvgIpc) is 3.07. The number of amides is 1. The highest BCUT2D eigenvalue weighted by molar-refractivity contribution is 5.76. The van der Waals surface area contributed by atoms with E-state index in [9.17, 15) is 4.79 Å². The first-order valence-corrected chi connectivity index (χ1v) is 10.4. The second-order valence-electron chi connectivity index (χ2n) is 10.3. The maximum Gasteiger partial charge on any atom is 0.222 e. The maximum atomic E-state index is 12.5. The summed E-state index contributed by atoms with van der Waals surface area (Å²) in [6.07, 6.45) is 5.56. The normalized spacial score (nSPS) is 26.8. The van der Waals surface area contributed by atoms with Crippen LogP contribution in [0.15, 0.2) is 0 Å². The molecule has 0 unspecified atom stereocenters. The van der Waals surface area contributed by atoms with Crippen LogP contribution in [0.25, 0.3) is 0 Å². The predicted octanol–water partition coefficient (Wildman–Crippen LogP) is 3.22. The van der Waals surface area contributed by atoms with Gasteiger partial charge in [0.2, 0.25) is 5.91 Å². The summed E-state index contributed by atoms with van der Waals surface area (Å²) in [7, 11) is 0. The number of likely N-dealkylation sites (tertiary alicyclic amines) is 1. The fourth-order valence-electron chi connectivity index (χ4n) is 5.09. The van der Waals surface area contributed by atoms with Crippen molar-refractivity contribution in [1.29, 1.82) is 0 Å². The highest BCUT2D eigenvalue weighted by Gasteiger charge is 2.61. The molecule has 1 spiro atoms. The molecule has 25 heavy (non-hydrogen) atoms. The van der Waals surface area contributed by atoms with Crippen molar-refractivity contribution in [1.82, 2.24) is 14.7 Å². The van der Waals surface area contributed by atoms with Crippen LogP contribution >= 0.6 is 0 Å². The summed E-state index contributed by atoms with van der Waals surface area (Å²) in [5.74, 6) is 0.390. The number of hydrogen-bond donors (Lipinski definition) is 0. The van der Waals surface area contributed by atoms with Gasteiger partial charge < -0.3 is 9.80 Å². The van der Waals surface area contributed by atoms with E-state index in [4.69, 9.17) is 0 Å². The second kappa shape index (κ2) is 6.84. The van der Waals surface area contributed by atoms with E-state index < -0.39 is 0 Å². The van der Waals surface area contributed by atoms with Gasteiger partial charge in [0.1, 0.15) is 0 Å². The lowest BCUT2D eigenvalue weighted by Gasteiger charge is -2.42. The van der Waals surface area contributed by atoms with E-state index in [1.165, 1.54) is 19.3 Å². The Morgan fingerprint density at radius 1 is 0.960 bits per heavy atom. The molecule has 4 nitrogen and oxygen atoms in total. The maximum absolute atomic E-state index is 12.5. The third kappa shape index (κ3) is 4.21. The van der Waals surface area contributed by atoms with E-state index in [-0.39, 0.29) is 5.54 Å². The Morgan fingerprint density at radius 2 is 1.52 bits per heavy atom.